The van der Waals surface area contributed by atoms with Crippen molar-refractivity contribution in [3.63, 3.8) is 0 Å². The predicted molar refractivity (Wildman–Crippen MR) is 84.8 cm³/mol. The zero-order valence-corrected chi connectivity index (χ0v) is 12.8. The summed E-state index contributed by atoms with van der Waals surface area (Å²) in [6.45, 7) is 0.715. The minimum atomic E-state index is -0.822. The van der Waals surface area contributed by atoms with Crippen LogP contribution in [0, 0.1) is 0 Å². The van der Waals surface area contributed by atoms with Crippen LogP contribution >= 0.6 is 11.6 Å². The Morgan fingerprint density at radius 1 is 0.955 bits per heavy atom. The molecule has 2 aromatic rings. The fourth-order valence-corrected chi connectivity index (χ4v) is 2.15. The summed E-state index contributed by atoms with van der Waals surface area (Å²) in [5, 5.41) is 9.32. The normalized spacial score (nSPS) is 10.2. The van der Waals surface area contributed by atoms with Gasteiger partial charge in [-0.15, -0.1) is 0 Å². The van der Waals surface area contributed by atoms with Gasteiger partial charge in [-0.3, -0.25) is 4.79 Å². The molecule has 22 heavy (non-hydrogen) atoms. The monoisotopic (exact) mass is 320 g/mol. The molecule has 0 saturated heterocycles. The molecule has 0 aliphatic rings. The molecule has 116 valence electrons. The lowest BCUT2D eigenvalue weighted by molar-refractivity contribution is -0.136. The summed E-state index contributed by atoms with van der Waals surface area (Å²) in [6, 6.07) is 14.7. The number of aryl methyl sites for hydroxylation is 1. The van der Waals surface area contributed by atoms with Gasteiger partial charge in [0.25, 0.3) is 0 Å². The Balaban J connectivity index is 1.84. The largest absolute Gasteiger partial charge is 0.490 e. The molecule has 0 aliphatic heterocycles. The van der Waals surface area contributed by atoms with E-state index in [1.54, 1.807) is 12.1 Å². The molecular formula is C17H17ClO4. The SMILES string of the molecule is O=C(O)CCc1ccccc1OCCOc1ccccc1Cl. The molecule has 0 aromatic heterocycles. The van der Waals surface area contributed by atoms with Gasteiger partial charge in [-0.25, -0.2) is 0 Å². The number of para-hydroxylation sites is 2. The van der Waals surface area contributed by atoms with Gasteiger partial charge in [0.2, 0.25) is 0 Å². The lowest BCUT2D eigenvalue weighted by Crippen LogP contribution is -2.10. The number of hydrogen-bond acceptors (Lipinski definition) is 3. The lowest BCUT2D eigenvalue weighted by Gasteiger charge is -2.12. The van der Waals surface area contributed by atoms with Crippen molar-refractivity contribution in [2.45, 2.75) is 12.8 Å². The van der Waals surface area contributed by atoms with Crippen LogP contribution in [0.3, 0.4) is 0 Å². The van der Waals surface area contributed by atoms with Gasteiger partial charge in [-0.2, -0.15) is 0 Å². The highest BCUT2D eigenvalue weighted by Crippen LogP contribution is 2.23. The maximum Gasteiger partial charge on any atom is 0.303 e. The molecule has 1 N–H and O–H groups in total. The summed E-state index contributed by atoms with van der Waals surface area (Å²) in [5.41, 5.74) is 0.877. The average molecular weight is 321 g/mol. The molecule has 0 aliphatic carbocycles. The second kappa shape index (κ2) is 8.29. The number of aliphatic carboxylic acids is 1. The highest BCUT2D eigenvalue weighted by molar-refractivity contribution is 6.32. The molecule has 0 spiro atoms. The van der Waals surface area contributed by atoms with E-state index in [4.69, 9.17) is 26.2 Å². The summed E-state index contributed by atoms with van der Waals surface area (Å²) in [7, 11) is 0. The third-order valence-corrected chi connectivity index (χ3v) is 3.33. The smallest absolute Gasteiger partial charge is 0.303 e. The lowest BCUT2D eigenvalue weighted by atomic mass is 10.1. The van der Waals surface area contributed by atoms with E-state index in [0.717, 1.165) is 5.56 Å². The molecule has 5 heteroatoms. The number of ether oxygens (including phenoxy) is 2. The van der Waals surface area contributed by atoms with Gasteiger partial charge in [0, 0.05) is 6.42 Å². The van der Waals surface area contributed by atoms with E-state index in [1.165, 1.54) is 0 Å². The standard InChI is InChI=1S/C17H17ClO4/c18-14-6-2-4-8-16(14)22-12-11-21-15-7-3-1-5-13(15)9-10-17(19)20/h1-8H,9-12H2,(H,19,20). The maximum atomic E-state index is 10.7. The molecule has 2 aromatic carbocycles. The first-order chi connectivity index (χ1) is 10.7. The Morgan fingerprint density at radius 2 is 1.55 bits per heavy atom. The number of rotatable bonds is 8. The van der Waals surface area contributed by atoms with E-state index in [-0.39, 0.29) is 6.42 Å². The molecular weight excluding hydrogens is 304 g/mol. The Bertz CT molecular complexity index is 628. The van der Waals surface area contributed by atoms with Crippen LogP contribution in [0.25, 0.3) is 0 Å². The summed E-state index contributed by atoms with van der Waals surface area (Å²) >= 11 is 5.99. The fourth-order valence-electron chi connectivity index (χ4n) is 1.96. The van der Waals surface area contributed by atoms with Crippen molar-refractivity contribution in [3.8, 4) is 11.5 Å². The molecule has 0 bridgehead atoms. The van der Waals surface area contributed by atoms with Crippen molar-refractivity contribution in [3.05, 3.63) is 59.1 Å². The molecule has 0 radical (unpaired) electrons. The van der Waals surface area contributed by atoms with E-state index in [0.29, 0.717) is 36.2 Å². The Kier molecular flexibility index (Phi) is 6.10. The second-order valence-corrected chi connectivity index (χ2v) is 5.04. The zero-order chi connectivity index (χ0) is 15.8. The first kappa shape index (κ1) is 16.2. The molecule has 0 saturated carbocycles. The van der Waals surface area contributed by atoms with Crippen LogP contribution < -0.4 is 9.47 Å². The van der Waals surface area contributed by atoms with Crippen molar-refractivity contribution in [1.82, 2.24) is 0 Å². The highest BCUT2D eigenvalue weighted by atomic mass is 35.5. The Hall–Kier alpha value is -2.20. The van der Waals surface area contributed by atoms with Crippen molar-refractivity contribution < 1.29 is 19.4 Å². The van der Waals surface area contributed by atoms with E-state index < -0.39 is 5.97 Å². The van der Waals surface area contributed by atoms with Crippen LogP contribution in [0.4, 0.5) is 0 Å². The van der Waals surface area contributed by atoms with E-state index in [2.05, 4.69) is 0 Å². The minimum Gasteiger partial charge on any atom is -0.490 e. The second-order valence-electron chi connectivity index (χ2n) is 4.63. The molecule has 0 unspecified atom stereocenters. The fraction of sp³-hybridized carbons (Fsp3) is 0.235. The number of carbonyl (C=O) groups is 1. The van der Waals surface area contributed by atoms with Gasteiger partial charge >= 0.3 is 5.97 Å². The predicted octanol–water partition coefficient (Wildman–Crippen LogP) is 3.82. The molecule has 0 amide bonds. The van der Waals surface area contributed by atoms with Gasteiger partial charge in [0.1, 0.15) is 24.7 Å². The number of hydrogen-bond donors (Lipinski definition) is 1. The quantitative estimate of drug-likeness (QED) is 0.751. The van der Waals surface area contributed by atoms with Crippen molar-refractivity contribution in [1.29, 1.82) is 0 Å². The van der Waals surface area contributed by atoms with Crippen LogP contribution in [-0.2, 0) is 11.2 Å². The molecule has 0 atom stereocenters. The third-order valence-electron chi connectivity index (χ3n) is 3.02. The first-order valence-corrected chi connectivity index (χ1v) is 7.34. The molecule has 2 rings (SSSR count). The van der Waals surface area contributed by atoms with E-state index >= 15 is 0 Å². The van der Waals surface area contributed by atoms with Crippen LogP contribution in [0.5, 0.6) is 11.5 Å². The van der Waals surface area contributed by atoms with Crippen LogP contribution in [-0.4, -0.2) is 24.3 Å². The maximum absolute atomic E-state index is 10.7. The van der Waals surface area contributed by atoms with Gasteiger partial charge < -0.3 is 14.6 Å². The summed E-state index contributed by atoms with van der Waals surface area (Å²) in [6.07, 6.45) is 0.521. The topological polar surface area (TPSA) is 55.8 Å². The average Bonchev–Trinajstić information content (AvgIpc) is 2.52. The Labute approximate surface area is 134 Å². The Morgan fingerprint density at radius 3 is 2.23 bits per heavy atom. The molecule has 0 heterocycles. The third kappa shape index (κ3) is 4.97. The van der Waals surface area contributed by atoms with Crippen LogP contribution in [0.1, 0.15) is 12.0 Å². The van der Waals surface area contributed by atoms with E-state index in [1.807, 2.05) is 36.4 Å². The van der Waals surface area contributed by atoms with Crippen molar-refractivity contribution in [2.75, 3.05) is 13.2 Å². The number of benzene rings is 2. The minimum absolute atomic E-state index is 0.0799. The first-order valence-electron chi connectivity index (χ1n) is 6.96. The van der Waals surface area contributed by atoms with Gasteiger partial charge in [-0.1, -0.05) is 41.9 Å². The number of carboxylic acids is 1. The summed E-state index contributed by atoms with van der Waals surface area (Å²) in [4.78, 5) is 10.7. The summed E-state index contributed by atoms with van der Waals surface area (Å²) in [5.74, 6) is 0.482. The summed E-state index contributed by atoms with van der Waals surface area (Å²) < 4.78 is 11.2. The van der Waals surface area contributed by atoms with Crippen LogP contribution in [0.2, 0.25) is 5.02 Å². The van der Waals surface area contributed by atoms with Crippen molar-refractivity contribution in [2.24, 2.45) is 0 Å². The molecule has 0 fully saturated rings. The number of halogens is 1. The zero-order valence-electron chi connectivity index (χ0n) is 12.0. The van der Waals surface area contributed by atoms with Gasteiger partial charge in [0.15, 0.2) is 0 Å². The van der Waals surface area contributed by atoms with Gasteiger partial charge in [0.05, 0.1) is 5.02 Å². The van der Waals surface area contributed by atoms with E-state index in [9.17, 15) is 4.79 Å². The molecule has 4 nitrogen and oxygen atoms in total. The highest BCUT2D eigenvalue weighted by Gasteiger charge is 2.06. The van der Waals surface area contributed by atoms with Crippen molar-refractivity contribution >= 4 is 17.6 Å². The van der Waals surface area contributed by atoms with Crippen LogP contribution in [0.15, 0.2) is 48.5 Å². The number of carboxylic acid groups (broad SMARTS) is 1. The van der Waals surface area contributed by atoms with Gasteiger partial charge in [-0.05, 0) is 30.2 Å².